The van der Waals surface area contributed by atoms with Gasteiger partial charge in [-0.3, -0.25) is 4.79 Å². The van der Waals surface area contributed by atoms with Gasteiger partial charge in [-0.1, -0.05) is 32.0 Å². The zero-order valence-corrected chi connectivity index (χ0v) is 8.63. The quantitative estimate of drug-likeness (QED) is 0.723. The molecule has 0 spiro atoms. The molecule has 2 rings (SSSR count). The highest BCUT2D eigenvalue weighted by atomic mass is 16.1. The van der Waals surface area contributed by atoms with Crippen molar-refractivity contribution in [3.05, 3.63) is 29.8 Å². The molecule has 1 heterocycles. The molecule has 14 heavy (non-hydrogen) atoms. The van der Waals surface area contributed by atoms with E-state index >= 15 is 0 Å². The van der Waals surface area contributed by atoms with Crippen molar-refractivity contribution in [1.29, 1.82) is 0 Å². The van der Waals surface area contributed by atoms with Gasteiger partial charge in [-0.15, -0.1) is 0 Å². The summed E-state index contributed by atoms with van der Waals surface area (Å²) in [7, 11) is 0. The van der Waals surface area contributed by atoms with Gasteiger partial charge in [0.05, 0.1) is 0 Å². The summed E-state index contributed by atoms with van der Waals surface area (Å²) in [5.74, 6) is 0.132. The first kappa shape index (κ1) is 9.25. The van der Waals surface area contributed by atoms with Crippen LogP contribution in [-0.2, 0) is 10.2 Å². The van der Waals surface area contributed by atoms with E-state index in [0.717, 1.165) is 12.1 Å². The van der Waals surface area contributed by atoms with E-state index in [-0.39, 0.29) is 11.3 Å². The van der Waals surface area contributed by atoms with E-state index in [1.807, 2.05) is 18.2 Å². The zero-order valence-electron chi connectivity index (χ0n) is 8.63. The van der Waals surface area contributed by atoms with Crippen LogP contribution in [0, 0.1) is 0 Å². The fourth-order valence-corrected chi connectivity index (χ4v) is 2.08. The largest absolute Gasteiger partial charge is 0.326 e. The van der Waals surface area contributed by atoms with E-state index in [4.69, 9.17) is 0 Å². The Kier molecular flexibility index (Phi) is 2.06. The number of hydrogen-bond acceptors (Lipinski definition) is 1. The Bertz CT molecular complexity index is 372. The summed E-state index contributed by atoms with van der Waals surface area (Å²) < 4.78 is 0. The maximum absolute atomic E-state index is 11.5. The Hall–Kier alpha value is -1.31. The first-order chi connectivity index (χ1) is 6.65. The molecule has 1 aromatic carbocycles. The number of fused-ring (bicyclic) bond motifs is 1. The zero-order chi connectivity index (χ0) is 10.2. The van der Waals surface area contributed by atoms with Crippen molar-refractivity contribution in [3.8, 4) is 0 Å². The van der Waals surface area contributed by atoms with Crippen LogP contribution in [-0.4, -0.2) is 5.91 Å². The standard InChI is InChI=1S/C12H15NO/c1-3-12(2)8-11(14)13-10-7-5-4-6-9(10)12/h4-7H,3,8H2,1-2H3,(H,13,14). The fourth-order valence-electron chi connectivity index (χ4n) is 2.08. The molecule has 0 saturated heterocycles. The van der Waals surface area contributed by atoms with Crippen LogP contribution < -0.4 is 5.32 Å². The topological polar surface area (TPSA) is 29.1 Å². The van der Waals surface area contributed by atoms with Crippen molar-refractivity contribution < 1.29 is 4.79 Å². The molecule has 0 fully saturated rings. The van der Waals surface area contributed by atoms with Gasteiger partial charge < -0.3 is 5.32 Å². The molecular formula is C12H15NO. The third-order valence-electron chi connectivity index (χ3n) is 3.18. The van der Waals surface area contributed by atoms with Crippen LogP contribution in [0.15, 0.2) is 24.3 Å². The average molecular weight is 189 g/mol. The van der Waals surface area contributed by atoms with Crippen molar-refractivity contribution in [1.82, 2.24) is 0 Å². The molecule has 0 saturated carbocycles. The van der Waals surface area contributed by atoms with Crippen LogP contribution in [0.4, 0.5) is 5.69 Å². The fraction of sp³-hybridized carbons (Fsp3) is 0.417. The lowest BCUT2D eigenvalue weighted by molar-refractivity contribution is -0.117. The molecule has 1 N–H and O–H groups in total. The number of anilines is 1. The molecule has 74 valence electrons. The first-order valence-corrected chi connectivity index (χ1v) is 5.05. The molecule has 1 atom stereocenters. The molecule has 1 aliphatic heterocycles. The van der Waals surface area contributed by atoms with Crippen LogP contribution in [0.3, 0.4) is 0 Å². The Balaban J connectivity index is 2.54. The average Bonchev–Trinajstić information content (AvgIpc) is 2.17. The summed E-state index contributed by atoms with van der Waals surface area (Å²) in [6.07, 6.45) is 1.60. The number of nitrogens with one attached hydrogen (secondary N) is 1. The third kappa shape index (κ3) is 1.31. The van der Waals surface area contributed by atoms with E-state index < -0.39 is 0 Å². The summed E-state index contributed by atoms with van der Waals surface area (Å²) >= 11 is 0. The lowest BCUT2D eigenvalue weighted by Crippen LogP contribution is -2.34. The first-order valence-electron chi connectivity index (χ1n) is 5.05. The van der Waals surface area contributed by atoms with Gasteiger partial charge in [0, 0.05) is 17.5 Å². The number of rotatable bonds is 1. The van der Waals surface area contributed by atoms with Crippen molar-refractivity contribution in [2.24, 2.45) is 0 Å². The molecule has 0 bridgehead atoms. The lowest BCUT2D eigenvalue weighted by atomic mass is 9.74. The molecule has 1 unspecified atom stereocenters. The molecule has 1 aliphatic rings. The number of para-hydroxylation sites is 1. The number of hydrogen-bond donors (Lipinski definition) is 1. The van der Waals surface area contributed by atoms with Gasteiger partial charge in [-0.2, -0.15) is 0 Å². The Morgan fingerprint density at radius 3 is 2.86 bits per heavy atom. The smallest absolute Gasteiger partial charge is 0.225 e. The van der Waals surface area contributed by atoms with E-state index in [1.165, 1.54) is 5.56 Å². The predicted octanol–water partition coefficient (Wildman–Crippen LogP) is 2.70. The summed E-state index contributed by atoms with van der Waals surface area (Å²) in [5.41, 5.74) is 2.26. The summed E-state index contributed by atoms with van der Waals surface area (Å²) in [4.78, 5) is 11.5. The van der Waals surface area contributed by atoms with Gasteiger partial charge in [-0.25, -0.2) is 0 Å². The highest BCUT2D eigenvalue weighted by molar-refractivity contribution is 5.95. The van der Waals surface area contributed by atoms with Crippen LogP contribution in [0.2, 0.25) is 0 Å². The van der Waals surface area contributed by atoms with Gasteiger partial charge in [0.25, 0.3) is 0 Å². The Labute approximate surface area is 84.3 Å². The van der Waals surface area contributed by atoms with Gasteiger partial charge >= 0.3 is 0 Å². The van der Waals surface area contributed by atoms with Gasteiger partial charge in [-0.05, 0) is 18.1 Å². The Morgan fingerprint density at radius 1 is 1.43 bits per heavy atom. The van der Waals surface area contributed by atoms with Crippen LogP contribution in [0.5, 0.6) is 0 Å². The molecule has 1 amide bonds. The Morgan fingerprint density at radius 2 is 2.14 bits per heavy atom. The van der Waals surface area contributed by atoms with Crippen molar-refractivity contribution >= 4 is 11.6 Å². The number of amides is 1. The SMILES string of the molecule is CCC1(C)CC(=O)Nc2ccccc21. The second-order valence-corrected chi connectivity index (χ2v) is 4.18. The number of carbonyl (C=O) groups excluding carboxylic acids is 1. The van der Waals surface area contributed by atoms with E-state index in [1.54, 1.807) is 0 Å². The normalized spacial score (nSPS) is 25.4. The maximum Gasteiger partial charge on any atom is 0.225 e. The van der Waals surface area contributed by atoms with Crippen LogP contribution in [0.1, 0.15) is 32.3 Å². The van der Waals surface area contributed by atoms with Crippen molar-refractivity contribution in [2.75, 3.05) is 5.32 Å². The van der Waals surface area contributed by atoms with Crippen LogP contribution in [0.25, 0.3) is 0 Å². The minimum Gasteiger partial charge on any atom is -0.326 e. The highest BCUT2D eigenvalue weighted by Crippen LogP contribution is 2.39. The second kappa shape index (κ2) is 3.12. The van der Waals surface area contributed by atoms with Crippen LogP contribution >= 0.6 is 0 Å². The molecule has 2 heteroatoms. The molecule has 1 aromatic rings. The van der Waals surface area contributed by atoms with Crippen molar-refractivity contribution in [2.45, 2.75) is 32.1 Å². The summed E-state index contributed by atoms with van der Waals surface area (Å²) in [5, 5.41) is 2.91. The van der Waals surface area contributed by atoms with Gasteiger partial charge in [0.15, 0.2) is 0 Å². The maximum atomic E-state index is 11.5. The highest BCUT2D eigenvalue weighted by Gasteiger charge is 2.33. The third-order valence-corrected chi connectivity index (χ3v) is 3.18. The summed E-state index contributed by atoms with van der Waals surface area (Å²) in [6.45, 7) is 4.29. The predicted molar refractivity (Wildman–Crippen MR) is 57.3 cm³/mol. The summed E-state index contributed by atoms with van der Waals surface area (Å²) in [6, 6.07) is 8.07. The molecule has 0 aliphatic carbocycles. The number of benzene rings is 1. The van der Waals surface area contributed by atoms with Gasteiger partial charge in [0.1, 0.15) is 0 Å². The minimum atomic E-state index is 0.0128. The molecule has 0 radical (unpaired) electrons. The molecule has 2 nitrogen and oxygen atoms in total. The van der Waals surface area contributed by atoms with E-state index in [9.17, 15) is 4.79 Å². The van der Waals surface area contributed by atoms with E-state index in [2.05, 4.69) is 25.2 Å². The van der Waals surface area contributed by atoms with Gasteiger partial charge in [0.2, 0.25) is 5.91 Å². The molecule has 0 aromatic heterocycles. The van der Waals surface area contributed by atoms with E-state index in [0.29, 0.717) is 6.42 Å². The van der Waals surface area contributed by atoms with Crippen molar-refractivity contribution in [3.63, 3.8) is 0 Å². The number of carbonyl (C=O) groups is 1. The lowest BCUT2D eigenvalue weighted by Gasteiger charge is -2.34. The second-order valence-electron chi connectivity index (χ2n) is 4.18. The molecular weight excluding hydrogens is 174 g/mol. The monoisotopic (exact) mass is 189 g/mol. The minimum absolute atomic E-state index is 0.0128.